The minimum absolute atomic E-state index is 0.0237. The van der Waals surface area contributed by atoms with Crippen molar-refractivity contribution in [2.24, 2.45) is 0 Å². The van der Waals surface area contributed by atoms with Crippen LogP contribution in [0.1, 0.15) is 46.5 Å². The number of nitro groups is 1. The van der Waals surface area contributed by atoms with Gasteiger partial charge in [-0.3, -0.25) is 14.9 Å². The van der Waals surface area contributed by atoms with Crippen LogP contribution in [0.25, 0.3) is 0 Å². The van der Waals surface area contributed by atoms with Crippen molar-refractivity contribution < 1.29 is 14.5 Å². The Hall–Kier alpha value is -2.15. The number of rotatable bonds is 8. The number of hydrogen-bond acceptors (Lipinski definition) is 5. The average Bonchev–Trinajstić information content (AvgIpc) is 3.06. The summed E-state index contributed by atoms with van der Waals surface area (Å²) in [5.41, 5.74) is -0.137. The van der Waals surface area contributed by atoms with Gasteiger partial charge in [0.15, 0.2) is 0 Å². The number of nitrogens with one attached hydrogen (secondary N) is 2. The molecule has 0 radical (unpaired) electrons. The fourth-order valence-electron chi connectivity index (χ4n) is 2.87. The Balaban J connectivity index is 1.84. The van der Waals surface area contributed by atoms with E-state index < -0.39 is 10.5 Å². The molecule has 1 amide bonds. The van der Waals surface area contributed by atoms with E-state index in [0.29, 0.717) is 11.8 Å². The van der Waals surface area contributed by atoms with Crippen molar-refractivity contribution in [1.29, 1.82) is 0 Å². The molecule has 1 heterocycles. The average molecular weight is 349 g/mol. The third kappa shape index (κ3) is 5.70. The number of carbonyl (C=O) groups is 1. The number of non-ortho nitro benzene ring substituents is 1. The number of benzene rings is 1. The SMILES string of the molecule is C[C@H](CC[C@H]1CCCO1)NC(=O)C(C)(C)Nc1ccc([N+](=O)[O-])cc1. The van der Waals surface area contributed by atoms with E-state index in [9.17, 15) is 14.9 Å². The monoisotopic (exact) mass is 349 g/mol. The van der Waals surface area contributed by atoms with Crippen molar-refractivity contribution in [3.05, 3.63) is 34.4 Å². The Morgan fingerprint density at radius 3 is 2.64 bits per heavy atom. The second kappa shape index (κ2) is 8.29. The second-order valence-electron chi connectivity index (χ2n) is 7.14. The molecule has 2 N–H and O–H groups in total. The van der Waals surface area contributed by atoms with Crippen LogP contribution < -0.4 is 10.6 Å². The van der Waals surface area contributed by atoms with E-state index in [0.717, 1.165) is 32.3 Å². The summed E-state index contributed by atoms with van der Waals surface area (Å²) in [7, 11) is 0. The summed E-state index contributed by atoms with van der Waals surface area (Å²) >= 11 is 0. The first-order valence-electron chi connectivity index (χ1n) is 8.73. The molecule has 0 aromatic heterocycles. The van der Waals surface area contributed by atoms with Crippen LogP contribution >= 0.6 is 0 Å². The molecule has 1 aromatic rings. The first-order valence-corrected chi connectivity index (χ1v) is 8.73. The molecule has 2 rings (SSSR count). The molecule has 7 nitrogen and oxygen atoms in total. The third-order valence-corrected chi connectivity index (χ3v) is 4.43. The lowest BCUT2D eigenvalue weighted by Gasteiger charge is -2.28. The van der Waals surface area contributed by atoms with Gasteiger partial charge in [-0.1, -0.05) is 0 Å². The summed E-state index contributed by atoms with van der Waals surface area (Å²) < 4.78 is 5.61. The van der Waals surface area contributed by atoms with Gasteiger partial charge in [0, 0.05) is 30.5 Å². The molecule has 1 aliphatic heterocycles. The summed E-state index contributed by atoms with van der Waals surface area (Å²) in [4.78, 5) is 22.8. The molecule has 0 unspecified atom stereocenters. The van der Waals surface area contributed by atoms with Crippen molar-refractivity contribution in [1.82, 2.24) is 5.32 Å². The molecule has 138 valence electrons. The minimum atomic E-state index is -0.825. The van der Waals surface area contributed by atoms with Crippen molar-refractivity contribution in [3.63, 3.8) is 0 Å². The summed E-state index contributed by atoms with van der Waals surface area (Å²) in [6.07, 6.45) is 4.39. The number of hydrogen-bond donors (Lipinski definition) is 2. The Kier molecular flexibility index (Phi) is 6.36. The molecule has 0 saturated carbocycles. The molecule has 7 heteroatoms. The molecule has 0 spiro atoms. The zero-order valence-corrected chi connectivity index (χ0v) is 15.1. The van der Waals surface area contributed by atoms with Gasteiger partial charge in [-0.15, -0.1) is 0 Å². The smallest absolute Gasteiger partial charge is 0.269 e. The number of amides is 1. The molecule has 0 bridgehead atoms. The molecule has 25 heavy (non-hydrogen) atoms. The topological polar surface area (TPSA) is 93.5 Å². The van der Waals surface area contributed by atoms with Crippen molar-refractivity contribution in [2.45, 2.75) is 64.1 Å². The van der Waals surface area contributed by atoms with Gasteiger partial charge in [-0.25, -0.2) is 0 Å². The number of nitro benzene ring substituents is 1. The fraction of sp³-hybridized carbons (Fsp3) is 0.611. The number of anilines is 1. The first-order chi connectivity index (χ1) is 11.8. The van der Waals surface area contributed by atoms with Crippen LogP contribution in [0, 0.1) is 10.1 Å². The Morgan fingerprint density at radius 1 is 1.40 bits per heavy atom. The molecular formula is C18H27N3O4. The van der Waals surface area contributed by atoms with Crippen LogP contribution in [0.15, 0.2) is 24.3 Å². The molecule has 1 aromatic carbocycles. The van der Waals surface area contributed by atoms with Crippen LogP contribution in [-0.4, -0.2) is 35.1 Å². The third-order valence-electron chi connectivity index (χ3n) is 4.43. The van der Waals surface area contributed by atoms with Gasteiger partial charge in [-0.05, 0) is 58.6 Å². The van der Waals surface area contributed by atoms with E-state index in [2.05, 4.69) is 10.6 Å². The van der Waals surface area contributed by atoms with E-state index in [1.807, 2.05) is 6.92 Å². The van der Waals surface area contributed by atoms with E-state index >= 15 is 0 Å². The van der Waals surface area contributed by atoms with Gasteiger partial charge < -0.3 is 15.4 Å². The van der Waals surface area contributed by atoms with Gasteiger partial charge in [-0.2, -0.15) is 0 Å². The van der Waals surface area contributed by atoms with Crippen LogP contribution in [0.4, 0.5) is 11.4 Å². The summed E-state index contributed by atoms with van der Waals surface area (Å²) in [5.74, 6) is -0.106. The van der Waals surface area contributed by atoms with E-state index in [-0.39, 0.29) is 17.6 Å². The number of ether oxygens (including phenoxy) is 1. The Bertz CT molecular complexity index is 595. The van der Waals surface area contributed by atoms with Crippen LogP contribution in [-0.2, 0) is 9.53 Å². The molecule has 2 atom stereocenters. The number of carbonyl (C=O) groups excluding carboxylic acids is 1. The molecule has 1 saturated heterocycles. The zero-order chi connectivity index (χ0) is 18.4. The van der Waals surface area contributed by atoms with Crippen LogP contribution in [0.5, 0.6) is 0 Å². The van der Waals surface area contributed by atoms with E-state index in [1.165, 1.54) is 12.1 Å². The minimum Gasteiger partial charge on any atom is -0.378 e. The van der Waals surface area contributed by atoms with Crippen molar-refractivity contribution in [3.8, 4) is 0 Å². The highest BCUT2D eigenvalue weighted by molar-refractivity contribution is 5.88. The van der Waals surface area contributed by atoms with Crippen molar-refractivity contribution >= 4 is 17.3 Å². The quantitative estimate of drug-likeness (QED) is 0.555. The van der Waals surface area contributed by atoms with Gasteiger partial charge in [0.2, 0.25) is 5.91 Å². The summed E-state index contributed by atoms with van der Waals surface area (Å²) in [5, 5.41) is 16.9. The molecule has 1 aliphatic rings. The zero-order valence-electron chi connectivity index (χ0n) is 15.1. The molecule has 0 aliphatic carbocycles. The number of nitrogens with zero attached hydrogens (tertiary/aromatic N) is 1. The van der Waals surface area contributed by atoms with Crippen LogP contribution in [0.3, 0.4) is 0 Å². The maximum Gasteiger partial charge on any atom is 0.269 e. The predicted octanol–water partition coefficient (Wildman–Crippen LogP) is 3.25. The second-order valence-corrected chi connectivity index (χ2v) is 7.14. The van der Waals surface area contributed by atoms with E-state index in [1.54, 1.807) is 26.0 Å². The van der Waals surface area contributed by atoms with E-state index in [4.69, 9.17) is 4.74 Å². The largest absolute Gasteiger partial charge is 0.378 e. The first kappa shape index (κ1) is 19.2. The lowest BCUT2D eigenvalue weighted by molar-refractivity contribution is -0.384. The lowest BCUT2D eigenvalue weighted by Crippen LogP contribution is -2.50. The van der Waals surface area contributed by atoms with Crippen LogP contribution in [0.2, 0.25) is 0 Å². The lowest BCUT2D eigenvalue weighted by atomic mass is 10.0. The molecular weight excluding hydrogens is 322 g/mol. The highest BCUT2D eigenvalue weighted by Crippen LogP contribution is 2.20. The highest BCUT2D eigenvalue weighted by atomic mass is 16.6. The van der Waals surface area contributed by atoms with Gasteiger partial charge in [0.25, 0.3) is 5.69 Å². The van der Waals surface area contributed by atoms with Gasteiger partial charge in [0.05, 0.1) is 11.0 Å². The Morgan fingerprint density at radius 2 is 2.08 bits per heavy atom. The Labute approximate surface area is 148 Å². The van der Waals surface area contributed by atoms with Gasteiger partial charge >= 0.3 is 0 Å². The maximum atomic E-state index is 12.5. The highest BCUT2D eigenvalue weighted by Gasteiger charge is 2.28. The normalized spacial score (nSPS) is 18.6. The summed E-state index contributed by atoms with van der Waals surface area (Å²) in [6.45, 7) is 6.42. The molecule has 1 fully saturated rings. The van der Waals surface area contributed by atoms with Gasteiger partial charge in [0.1, 0.15) is 5.54 Å². The summed E-state index contributed by atoms with van der Waals surface area (Å²) in [6, 6.07) is 6.11. The maximum absolute atomic E-state index is 12.5. The van der Waals surface area contributed by atoms with Crippen molar-refractivity contribution in [2.75, 3.05) is 11.9 Å². The standard InChI is InChI=1S/C18H27N3O4/c1-13(6-11-16-5-4-12-25-16)19-17(22)18(2,3)20-14-7-9-15(10-8-14)21(23)24/h7-10,13,16,20H,4-6,11-12H2,1-3H3,(H,19,22)/t13-,16-/m1/s1. The predicted molar refractivity (Wildman–Crippen MR) is 96.6 cm³/mol. The fourth-order valence-corrected chi connectivity index (χ4v) is 2.87.